The summed E-state index contributed by atoms with van der Waals surface area (Å²) in [4.78, 5) is 40.6. The van der Waals surface area contributed by atoms with Gasteiger partial charge >= 0.3 is 0 Å². The number of nitrogens with two attached hydrogens (primary N) is 1. The van der Waals surface area contributed by atoms with E-state index in [4.69, 9.17) is 15.2 Å². The summed E-state index contributed by atoms with van der Waals surface area (Å²) < 4.78 is 25.0. The van der Waals surface area contributed by atoms with Gasteiger partial charge in [0, 0.05) is 27.6 Å². The van der Waals surface area contributed by atoms with Gasteiger partial charge in [-0.15, -0.1) is 11.3 Å². The topological polar surface area (TPSA) is 121 Å². The Labute approximate surface area is 223 Å². The number of methoxy groups -OCH3 is 1. The SMILES string of the molecule is CC.COc1cc(C(=O)NCC(=O)Cc2cccc(-c3csc4c(F)cccc34)n2)ccc1OCC(N)=O. The molecular formula is C28H28FN3O5S. The summed E-state index contributed by atoms with van der Waals surface area (Å²) in [5, 5.41) is 5.20. The molecule has 0 bridgehead atoms. The van der Waals surface area contributed by atoms with E-state index in [2.05, 4.69) is 10.3 Å². The average molecular weight is 538 g/mol. The second-order valence-corrected chi connectivity index (χ2v) is 8.68. The molecule has 198 valence electrons. The van der Waals surface area contributed by atoms with Crippen LogP contribution in [0.1, 0.15) is 29.9 Å². The molecule has 2 amide bonds. The minimum Gasteiger partial charge on any atom is -0.493 e. The van der Waals surface area contributed by atoms with Crippen LogP contribution in [0.25, 0.3) is 21.3 Å². The Kier molecular flexibility index (Phi) is 9.89. The van der Waals surface area contributed by atoms with Gasteiger partial charge in [-0.2, -0.15) is 0 Å². The number of amides is 2. The molecular weight excluding hydrogens is 509 g/mol. The van der Waals surface area contributed by atoms with E-state index in [0.29, 0.717) is 16.1 Å². The van der Waals surface area contributed by atoms with Crippen LogP contribution in [-0.2, 0) is 16.0 Å². The molecule has 4 rings (SSSR count). The molecule has 0 aliphatic rings. The number of hydrogen-bond donors (Lipinski definition) is 2. The number of thiophene rings is 1. The highest BCUT2D eigenvalue weighted by atomic mass is 32.1. The maximum Gasteiger partial charge on any atom is 0.255 e. The number of hydrogen-bond acceptors (Lipinski definition) is 7. The number of rotatable bonds is 10. The lowest BCUT2D eigenvalue weighted by Crippen LogP contribution is -2.30. The molecule has 0 saturated carbocycles. The smallest absolute Gasteiger partial charge is 0.255 e. The van der Waals surface area contributed by atoms with Gasteiger partial charge in [0.2, 0.25) is 0 Å². The minimum atomic E-state index is -0.644. The summed E-state index contributed by atoms with van der Waals surface area (Å²) in [6, 6.07) is 14.6. The number of nitrogens with one attached hydrogen (secondary N) is 1. The van der Waals surface area contributed by atoms with Crippen molar-refractivity contribution in [3.05, 3.63) is 77.1 Å². The Balaban J connectivity index is 0.00000195. The molecule has 4 aromatic rings. The van der Waals surface area contributed by atoms with E-state index in [-0.39, 0.29) is 48.2 Å². The zero-order valence-corrected chi connectivity index (χ0v) is 22.1. The second-order valence-electron chi connectivity index (χ2n) is 7.80. The number of aromatic nitrogens is 1. The molecule has 0 atom stereocenters. The van der Waals surface area contributed by atoms with Gasteiger partial charge in [-0.05, 0) is 36.4 Å². The Morgan fingerprint density at radius 3 is 2.55 bits per heavy atom. The van der Waals surface area contributed by atoms with E-state index in [1.165, 1.54) is 42.7 Å². The maximum absolute atomic E-state index is 14.0. The number of carbonyl (C=O) groups excluding carboxylic acids is 3. The monoisotopic (exact) mass is 537 g/mol. The molecule has 0 radical (unpaired) electrons. The van der Waals surface area contributed by atoms with E-state index in [1.54, 1.807) is 18.2 Å². The first-order valence-electron chi connectivity index (χ1n) is 11.9. The van der Waals surface area contributed by atoms with E-state index < -0.39 is 11.8 Å². The van der Waals surface area contributed by atoms with Crippen LogP contribution in [0.5, 0.6) is 11.5 Å². The summed E-state index contributed by atoms with van der Waals surface area (Å²) in [5.41, 5.74) is 7.31. The van der Waals surface area contributed by atoms with Crippen molar-refractivity contribution < 1.29 is 28.2 Å². The largest absolute Gasteiger partial charge is 0.493 e. The van der Waals surface area contributed by atoms with E-state index in [1.807, 2.05) is 31.4 Å². The Bertz CT molecular complexity index is 1450. The van der Waals surface area contributed by atoms with Gasteiger partial charge in [0.25, 0.3) is 11.8 Å². The van der Waals surface area contributed by atoms with Crippen LogP contribution in [0, 0.1) is 5.82 Å². The first-order valence-corrected chi connectivity index (χ1v) is 12.7. The first-order chi connectivity index (χ1) is 18.4. The van der Waals surface area contributed by atoms with Crippen LogP contribution in [0.2, 0.25) is 0 Å². The molecule has 3 N–H and O–H groups in total. The van der Waals surface area contributed by atoms with Crippen molar-refractivity contribution in [3.8, 4) is 22.8 Å². The third-order valence-electron chi connectivity index (χ3n) is 5.25. The number of benzene rings is 2. The number of carbonyl (C=O) groups is 3. The van der Waals surface area contributed by atoms with E-state index in [0.717, 1.165) is 10.9 Å². The second kappa shape index (κ2) is 13.3. The van der Waals surface area contributed by atoms with Crippen molar-refractivity contribution >= 4 is 39.0 Å². The highest BCUT2D eigenvalue weighted by Crippen LogP contribution is 2.34. The lowest BCUT2D eigenvalue weighted by Gasteiger charge is -2.11. The Morgan fingerprint density at radius 1 is 1.05 bits per heavy atom. The third kappa shape index (κ3) is 6.92. The van der Waals surface area contributed by atoms with Crippen LogP contribution in [0.3, 0.4) is 0 Å². The molecule has 2 aromatic carbocycles. The van der Waals surface area contributed by atoms with Crippen LogP contribution in [-0.4, -0.2) is 42.8 Å². The van der Waals surface area contributed by atoms with Crippen molar-refractivity contribution in [2.45, 2.75) is 20.3 Å². The van der Waals surface area contributed by atoms with Crippen molar-refractivity contribution in [2.24, 2.45) is 5.73 Å². The summed E-state index contributed by atoms with van der Waals surface area (Å²) >= 11 is 1.30. The van der Waals surface area contributed by atoms with Gasteiger partial charge in [-0.25, -0.2) is 4.39 Å². The molecule has 2 heterocycles. The number of Topliss-reactive ketones (excluding diaryl/α,β-unsaturated/α-hetero) is 1. The van der Waals surface area contributed by atoms with Crippen molar-refractivity contribution in [2.75, 3.05) is 20.3 Å². The number of pyridine rings is 1. The van der Waals surface area contributed by atoms with Crippen LogP contribution < -0.4 is 20.5 Å². The van der Waals surface area contributed by atoms with Gasteiger partial charge in [0.15, 0.2) is 23.9 Å². The highest BCUT2D eigenvalue weighted by molar-refractivity contribution is 7.17. The predicted octanol–water partition coefficient (Wildman–Crippen LogP) is 4.54. The number of primary amides is 1. The molecule has 8 nitrogen and oxygen atoms in total. The fourth-order valence-corrected chi connectivity index (χ4v) is 4.54. The number of halogens is 1. The summed E-state index contributed by atoms with van der Waals surface area (Å²) in [6.45, 7) is 3.48. The first kappa shape index (κ1) is 28.3. The number of nitrogens with zero attached hydrogens (tertiary/aromatic N) is 1. The Morgan fingerprint density at radius 2 is 1.82 bits per heavy atom. The summed E-state index contributed by atoms with van der Waals surface area (Å²) in [5.74, 6) is -1.13. The summed E-state index contributed by atoms with van der Waals surface area (Å²) in [7, 11) is 1.40. The summed E-state index contributed by atoms with van der Waals surface area (Å²) in [6.07, 6.45) is 0.0216. The van der Waals surface area contributed by atoms with E-state index >= 15 is 0 Å². The molecule has 10 heteroatoms. The zero-order chi connectivity index (χ0) is 27.7. The molecule has 0 fully saturated rings. The van der Waals surface area contributed by atoms with Gasteiger partial charge in [-0.1, -0.05) is 32.0 Å². The number of ketones is 1. The molecule has 0 aliphatic heterocycles. The van der Waals surface area contributed by atoms with Crippen LogP contribution in [0.4, 0.5) is 4.39 Å². The molecule has 0 saturated heterocycles. The van der Waals surface area contributed by atoms with Gasteiger partial charge in [0.1, 0.15) is 5.82 Å². The molecule has 0 unspecified atom stereocenters. The minimum absolute atomic E-state index is 0.0216. The quantitative estimate of drug-likeness (QED) is 0.306. The molecule has 0 spiro atoms. The molecule has 2 aromatic heterocycles. The van der Waals surface area contributed by atoms with Gasteiger partial charge in [0.05, 0.1) is 30.5 Å². The van der Waals surface area contributed by atoms with E-state index in [9.17, 15) is 18.8 Å². The standard InChI is InChI=1S/C26H22FN3O5S.C2H6/c1-34-23-10-15(8-9-22(23)35-13-24(28)32)26(33)29-12-17(31)11-16-4-2-7-21(30-16)19-14-36-25-18(19)5-3-6-20(25)27;1-2/h2-10,14H,11-13H2,1H3,(H2,28,32)(H,29,33);1-2H3. The zero-order valence-electron chi connectivity index (χ0n) is 21.2. The predicted molar refractivity (Wildman–Crippen MR) is 145 cm³/mol. The van der Waals surface area contributed by atoms with Crippen molar-refractivity contribution in [1.29, 1.82) is 0 Å². The van der Waals surface area contributed by atoms with Crippen molar-refractivity contribution in [1.82, 2.24) is 10.3 Å². The number of ether oxygens (including phenoxy) is 2. The molecule has 38 heavy (non-hydrogen) atoms. The van der Waals surface area contributed by atoms with Gasteiger partial charge in [-0.3, -0.25) is 19.4 Å². The van der Waals surface area contributed by atoms with Crippen LogP contribution in [0.15, 0.2) is 60.0 Å². The van der Waals surface area contributed by atoms with Gasteiger partial charge < -0.3 is 20.5 Å². The normalized spacial score (nSPS) is 10.3. The van der Waals surface area contributed by atoms with Crippen LogP contribution >= 0.6 is 11.3 Å². The fourth-order valence-electron chi connectivity index (χ4n) is 3.57. The molecule has 0 aliphatic carbocycles. The Hall–Kier alpha value is -4.31. The fraction of sp³-hybridized carbons (Fsp3) is 0.214. The number of fused-ring (bicyclic) bond motifs is 1. The maximum atomic E-state index is 14.0. The average Bonchev–Trinajstić information content (AvgIpc) is 3.37. The lowest BCUT2D eigenvalue weighted by atomic mass is 10.1. The highest BCUT2D eigenvalue weighted by Gasteiger charge is 2.15. The lowest BCUT2D eigenvalue weighted by molar-refractivity contribution is -0.120. The third-order valence-corrected chi connectivity index (χ3v) is 6.26. The van der Waals surface area contributed by atoms with Crippen molar-refractivity contribution in [3.63, 3.8) is 0 Å².